The number of anilines is 2. The zero-order valence-corrected chi connectivity index (χ0v) is 32.4. The summed E-state index contributed by atoms with van der Waals surface area (Å²) in [5.41, 5.74) is 15.7. The summed E-state index contributed by atoms with van der Waals surface area (Å²) < 4.78 is 0. The van der Waals surface area contributed by atoms with Gasteiger partial charge in [-0.15, -0.1) is 0 Å². The van der Waals surface area contributed by atoms with Gasteiger partial charge in [0.25, 0.3) is 0 Å². The Hall–Kier alpha value is -6.18. The van der Waals surface area contributed by atoms with Crippen LogP contribution in [0.5, 0.6) is 0 Å². The maximum absolute atomic E-state index is 2.70. The van der Waals surface area contributed by atoms with Crippen LogP contribution in [0.2, 0.25) is 0 Å². The van der Waals surface area contributed by atoms with Crippen molar-refractivity contribution in [2.45, 2.75) is 57.4 Å². The molecular formula is C55H45N. The lowest BCUT2D eigenvalue weighted by Crippen LogP contribution is -2.54. The molecule has 0 amide bonds. The summed E-state index contributed by atoms with van der Waals surface area (Å²) in [6.45, 7) is 7.43. The van der Waals surface area contributed by atoms with E-state index in [0.29, 0.717) is 0 Å². The Morgan fingerprint density at radius 2 is 0.857 bits per heavy atom. The highest BCUT2D eigenvalue weighted by Crippen LogP contribution is 2.62. The van der Waals surface area contributed by atoms with E-state index < -0.39 is 0 Å². The molecule has 0 aromatic heterocycles. The minimum absolute atomic E-state index is 0.000461. The average molecular weight is 720 g/mol. The molecule has 1 aliphatic heterocycles. The van der Waals surface area contributed by atoms with Crippen molar-refractivity contribution < 1.29 is 0 Å². The van der Waals surface area contributed by atoms with Crippen molar-refractivity contribution in [3.63, 3.8) is 0 Å². The molecule has 1 aliphatic carbocycles. The normalized spacial score (nSPS) is 19.2. The molecule has 270 valence electrons. The predicted octanol–water partition coefficient (Wildman–Crippen LogP) is 15.3. The fourth-order valence-corrected chi connectivity index (χ4v) is 10.9. The fourth-order valence-electron chi connectivity index (χ4n) is 10.9. The molecule has 11 rings (SSSR count). The third-order valence-corrected chi connectivity index (χ3v) is 13.9. The Labute approximate surface area is 330 Å². The maximum Gasteiger partial charge on any atom is 0.0517 e. The molecule has 2 atom stereocenters. The average Bonchev–Trinajstić information content (AvgIpc) is 3.45. The van der Waals surface area contributed by atoms with Crippen LogP contribution in [0.1, 0.15) is 50.7 Å². The quantitative estimate of drug-likeness (QED) is 0.160. The van der Waals surface area contributed by atoms with Crippen LogP contribution in [0.25, 0.3) is 76.8 Å². The molecule has 0 spiro atoms. The zero-order valence-electron chi connectivity index (χ0n) is 32.4. The van der Waals surface area contributed by atoms with Crippen molar-refractivity contribution >= 4 is 43.7 Å². The van der Waals surface area contributed by atoms with Crippen LogP contribution in [0.15, 0.2) is 170 Å². The molecule has 1 fully saturated rings. The minimum atomic E-state index is -0.000461. The summed E-state index contributed by atoms with van der Waals surface area (Å²) in [6, 6.07) is 63.8. The van der Waals surface area contributed by atoms with Crippen LogP contribution in [0.3, 0.4) is 0 Å². The van der Waals surface area contributed by atoms with Gasteiger partial charge in [-0.3, -0.25) is 0 Å². The third-order valence-electron chi connectivity index (χ3n) is 13.9. The van der Waals surface area contributed by atoms with E-state index in [1.54, 1.807) is 0 Å². The van der Waals surface area contributed by atoms with E-state index in [1.807, 2.05) is 0 Å². The van der Waals surface area contributed by atoms with E-state index in [-0.39, 0.29) is 11.0 Å². The molecule has 1 heterocycles. The number of aryl methyl sites for hydroxylation is 1. The number of fused-ring (bicyclic) bond motifs is 3. The highest BCUT2D eigenvalue weighted by molar-refractivity contribution is 6.32. The van der Waals surface area contributed by atoms with E-state index in [2.05, 4.69) is 196 Å². The molecule has 0 bridgehead atoms. The van der Waals surface area contributed by atoms with Crippen molar-refractivity contribution in [2.24, 2.45) is 0 Å². The van der Waals surface area contributed by atoms with Gasteiger partial charge >= 0.3 is 0 Å². The molecule has 2 aliphatic rings. The first-order valence-corrected chi connectivity index (χ1v) is 20.4. The highest BCUT2D eigenvalue weighted by atomic mass is 15.3. The molecule has 9 aromatic rings. The second-order valence-corrected chi connectivity index (χ2v) is 16.8. The Morgan fingerprint density at radius 3 is 1.36 bits per heavy atom. The molecule has 1 nitrogen and oxygen atoms in total. The number of benzene rings is 9. The second-order valence-electron chi connectivity index (χ2n) is 16.8. The second kappa shape index (κ2) is 12.4. The lowest BCUT2D eigenvalue weighted by Gasteiger charge is -2.50. The minimum Gasteiger partial charge on any atom is -0.334 e. The Morgan fingerprint density at radius 1 is 0.429 bits per heavy atom. The van der Waals surface area contributed by atoms with Gasteiger partial charge < -0.3 is 4.90 Å². The largest absolute Gasteiger partial charge is 0.334 e. The summed E-state index contributed by atoms with van der Waals surface area (Å²) in [6.07, 6.45) is 4.91. The first kappa shape index (κ1) is 33.2. The topological polar surface area (TPSA) is 3.24 Å². The Balaban J connectivity index is 1.25. The van der Waals surface area contributed by atoms with Gasteiger partial charge in [-0.1, -0.05) is 153 Å². The van der Waals surface area contributed by atoms with Crippen LogP contribution in [-0.4, -0.2) is 5.54 Å². The van der Waals surface area contributed by atoms with E-state index in [9.17, 15) is 0 Å². The van der Waals surface area contributed by atoms with Crippen LogP contribution >= 0.6 is 0 Å². The van der Waals surface area contributed by atoms with Crippen molar-refractivity contribution in [3.8, 4) is 44.5 Å². The summed E-state index contributed by atoms with van der Waals surface area (Å²) in [5, 5.41) is 7.92. The van der Waals surface area contributed by atoms with Crippen molar-refractivity contribution in [1.29, 1.82) is 0 Å². The molecular weight excluding hydrogens is 675 g/mol. The van der Waals surface area contributed by atoms with Crippen LogP contribution in [0, 0.1) is 6.92 Å². The van der Waals surface area contributed by atoms with E-state index in [0.717, 1.165) is 0 Å². The highest BCUT2D eigenvalue weighted by Gasteiger charge is 2.57. The van der Waals surface area contributed by atoms with Gasteiger partial charge in [0.15, 0.2) is 0 Å². The molecule has 0 radical (unpaired) electrons. The summed E-state index contributed by atoms with van der Waals surface area (Å²) in [4.78, 5) is 2.70. The van der Waals surface area contributed by atoms with Gasteiger partial charge in [0.05, 0.1) is 5.54 Å². The van der Waals surface area contributed by atoms with Crippen LogP contribution in [-0.2, 0) is 5.41 Å². The molecule has 56 heavy (non-hydrogen) atoms. The van der Waals surface area contributed by atoms with Crippen molar-refractivity contribution in [3.05, 3.63) is 181 Å². The number of nitrogens with zero attached hydrogens (tertiary/aromatic N) is 1. The summed E-state index contributed by atoms with van der Waals surface area (Å²) in [7, 11) is 0. The molecule has 1 heteroatoms. The fraction of sp³-hybridized carbons (Fsp3) is 0.164. The summed E-state index contributed by atoms with van der Waals surface area (Å²) in [5.74, 6) is 0. The predicted molar refractivity (Wildman–Crippen MR) is 239 cm³/mol. The molecule has 1 saturated carbocycles. The van der Waals surface area contributed by atoms with E-state index >= 15 is 0 Å². The Kier molecular flexibility index (Phi) is 7.36. The lowest BCUT2D eigenvalue weighted by molar-refractivity contribution is 0.195. The molecule has 0 saturated heterocycles. The van der Waals surface area contributed by atoms with Gasteiger partial charge in [-0.05, 0) is 151 Å². The maximum atomic E-state index is 2.70. The SMILES string of the molecule is Cc1cc2c(cc1-c1cc(-c3ccccc3)c3ccc4c(-c5ccccc5)cc(-c5ccccc5)c5ccc1c3c45)C1(C)CCCCC1(C)N2c1ccccc1. The van der Waals surface area contributed by atoms with E-state index in [1.165, 1.54) is 125 Å². The van der Waals surface area contributed by atoms with Crippen LogP contribution < -0.4 is 4.90 Å². The first-order valence-electron chi connectivity index (χ1n) is 20.4. The van der Waals surface area contributed by atoms with Gasteiger partial charge in [0.2, 0.25) is 0 Å². The van der Waals surface area contributed by atoms with E-state index in [4.69, 9.17) is 0 Å². The first-order chi connectivity index (χ1) is 27.4. The standard InChI is InChI=1S/C55H45N/c1-36-32-51-50(54(2)30-16-17-31-55(54,3)56(51)40-24-14-7-15-25-40)35-45(36)49-34-48(39-22-12-6-13-23-39)43-27-26-41-46(37-18-8-4-9-19-37)33-47(38-20-10-5-11-21-38)42-28-29-44(49)53(43)52(41)42/h4-15,18-29,32-35H,16-17,30-31H2,1-3H3. The summed E-state index contributed by atoms with van der Waals surface area (Å²) >= 11 is 0. The van der Waals surface area contributed by atoms with Gasteiger partial charge in [-0.25, -0.2) is 0 Å². The third kappa shape index (κ3) is 4.67. The van der Waals surface area contributed by atoms with Gasteiger partial charge in [0, 0.05) is 16.8 Å². The van der Waals surface area contributed by atoms with Crippen LogP contribution in [0.4, 0.5) is 11.4 Å². The lowest BCUT2D eigenvalue weighted by atomic mass is 9.61. The molecule has 2 unspecified atom stereocenters. The number of hydrogen-bond acceptors (Lipinski definition) is 1. The molecule has 9 aromatic carbocycles. The van der Waals surface area contributed by atoms with Gasteiger partial charge in [-0.2, -0.15) is 0 Å². The molecule has 0 N–H and O–H groups in total. The number of para-hydroxylation sites is 1. The zero-order chi connectivity index (χ0) is 37.6. The van der Waals surface area contributed by atoms with Crippen molar-refractivity contribution in [2.75, 3.05) is 4.90 Å². The van der Waals surface area contributed by atoms with Gasteiger partial charge in [0.1, 0.15) is 0 Å². The number of hydrogen-bond donors (Lipinski definition) is 0. The Bertz CT molecular complexity index is 2870. The van der Waals surface area contributed by atoms with Crippen molar-refractivity contribution in [1.82, 2.24) is 0 Å². The number of rotatable bonds is 5. The monoisotopic (exact) mass is 719 g/mol. The smallest absolute Gasteiger partial charge is 0.0517 e.